The molecule has 1 unspecified atom stereocenters. The van der Waals surface area contributed by atoms with Crippen molar-refractivity contribution in [2.75, 3.05) is 13.1 Å². The summed E-state index contributed by atoms with van der Waals surface area (Å²) in [5.74, 6) is 1.06. The van der Waals surface area contributed by atoms with Crippen LogP contribution in [0.2, 0.25) is 0 Å². The summed E-state index contributed by atoms with van der Waals surface area (Å²) in [4.78, 5) is 15.5. The maximum Gasteiger partial charge on any atom is 0.221 e. The Morgan fingerprint density at radius 3 is 3.04 bits per heavy atom. The second-order valence-electron chi connectivity index (χ2n) is 5.88. The number of nitrogens with zero attached hydrogens (tertiary/aromatic N) is 1. The van der Waals surface area contributed by atoms with Crippen molar-refractivity contribution in [2.24, 2.45) is 0 Å². The van der Waals surface area contributed by atoms with Crippen molar-refractivity contribution in [1.29, 1.82) is 0 Å². The highest BCUT2D eigenvalue weighted by atomic mass is 32.1. The Balaban J connectivity index is 1.50. The predicted octanol–water partition coefficient (Wildman–Crippen LogP) is 3.04. The van der Waals surface area contributed by atoms with E-state index in [1.54, 1.807) is 11.3 Å². The van der Waals surface area contributed by atoms with Crippen LogP contribution in [0, 0.1) is 0 Å². The summed E-state index contributed by atoms with van der Waals surface area (Å²) in [6, 6.07) is 12.2. The van der Waals surface area contributed by atoms with Crippen LogP contribution in [-0.2, 0) is 17.9 Å². The predicted molar refractivity (Wildman–Crippen MR) is 92.6 cm³/mol. The monoisotopic (exact) mass is 330 g/mol. The van der Waals surface area contributed by atoms with Crippen LogP contribution in [0.25, 0.3) is 0 Å². The average molecular weight is 330 g/mol. The smallest absolute Gasteiger partial charge is 0.221 e. The number of benzene rings is 1. The third-order valence-electron chi connectivity index (χ3n) is 3.91. The van der Waals surface area contributed by atoms with Gasteiger partial charge in [0.15, 0.2) is 0 Å². The number of nitrogens with one attached hydrogen (secondary N) is 1. The lowest BCUT2D eigenvalue weighted by Gasteiger charge is -2.21. The average Bonchev–Trinajstić information content (AvgIpc) is 3.00. The first kappa shape index (κ1) is 16.0. The minimum absolute atomic E-state index is 0.101. The Bertz CT molecular complexity index is 642. The summed E-state index contributed by atoms with van der Waals surface area (Å²) < 4.78 is 5.95. The van der Waals surface area contributed by atoms with Crippen molar-refractivity contribution in [3.63, 3.8) is 0 Å². The summed E-state index contributed by atoms with van der Waals surface area (Å²) in [6.45, 7) is 5.12. The fraction of sp³-hybridized carbons (Fsp3) is 0.389. The third kappa shape index (κ3) is 4.56. The first-order valence-electron chi connectivity index (χ1n) is 7.96. The van der Waals surface area contributed by atoms with Gasteiger partial charge in [0.05, 0.1) is 6.54 Å². The third-order valence-corrected chi connectivity index (χ3v) is 4.78. The van der Waals surface area contributed by atoms with Crippen molar-refractivity contribution in [3.8, 4) is 5.75 Å². The molecule has 4 nitrogen and oxygen atoms in total. The highest BCUT2D eigenvalue weighted by Crippen LogP contribution is 2.24. The maximum atomic E-state index is 12.0. The standard InChI is InChI=1S/C18H22N2O2S/c1-14-12-20(13-15-5-2-3-7-17(15)22-14)9-8-18(21)19-11-16-6-4-10-23-16/h2-7,10,14H,8-9,11-13H2,1H3,(H,19,21). The Hall–Kier alpha value is -1.85. The van der Waals surface area contributed by atoms with Gasteiger partial charge in [-0.15, -0.1) is 11.3 Å². The zero-order valence-electron chi connectivity index (χ0n) is 13.3. The lowest BCUT2D eigenvalue weighted by atomic mass is 10.2. The molecule has 2 aromatic rings. The zero-order chi connectivity index (χ0) is 16.1. The molecule has 1 aromatic carbocycles. The lowest BCUT2D eigenvalue weighted by Crippen LogP contribution is -2.34. The molecule has 0 saturated carbocycles. The number of ether oxygens (including phenoxy) is 1. The molecule has 5 heteroatoms. The number of fused-ring (bicyclic) bond motifs is 1. The fourth-order valence-corrected chi connectivity index (χ4v) is 3.43. The molecule has 0 aliphatic carbocycles. The van der Waals surface area contributed by atoms with Crippen LogP contribution in [0.15, 0.2) is 41.8 Å². The number of amides is 1. The van der Waals surface area contributed by atoms with Crippen LogP contribution in [0.5, 0.6) is 5.75 Å². The number of hydrogen-bond acceptors (Lipinski definition) is 4. The molecule has 0 spiro atoms. The van der Waals surface area contributed by atoms with Gasteiger partial charge in [-0.3, -0.25) is 9.69 Å². The van der Waals surface area contributed by atoms with E-state index in [2.05, 4.69) is 23.2 Å². The molecule has 1 aliphatic heterocycles. The van der Waals surface area contributed by atoms with Crippen LogP contribution < -0.4 is 10.1 Å². The molecular weight excluding hydrogens is 308 g/mol. The molecule has 0 fully saturated rings. The molecule has 0 radical (unpaired) electrons. The summed E-state index contributed by atoms with van der Waals surface area (Å²) in [7, 11) is 0. The molecule has 1 aromatic heterocycles. The van der Waals surface area contributed by atoms with E-state index in [4.69, 9.17) is 4.74 Å². The number of carbonyl (C=O) groups is 1. The van der Waals surface area contributed by atoms with Crippen molar-refractivity contribution >= 4 is 17.2 Å². The van der Waals surface area contributed by atoms with Crippen LogP contribution >= 0.6 is 11.3 Å². The van der Waals surface area contributed by atoms with E-state index in [9.17, 15) is 4.79 Å². The van der Waals surface area contributed by atoms with Crippen molar-refractivity contribution in [2.45, 2.75) is 32.5 Å². The van der Waals surface area contributed by atoms with E-state index in [1.807, 2.05) is 35.7 Å². The topological polar surface area (TPSA) is 41.6 Å². The maximum absolute atomic E-state index is 12.0. The molecule has 2 heterocycles. The molecule has 1 N–H and O–H groups in total. The van der Waals surface area contributed by atoms with Gasteiger partial charge < -0.3 is 10.1 Å². The molecule has 1 amide bonds. The van der Waals surface area contributed by atoms with Crippen LogP contribution in [0.3, 0.4) is 0 Å². The van der Waals surface area contributed by atoms with E-state index in [-0.39, 0.29) is 12.0 Å². The molecule has 122 valence electrons. The molecule has 1 aliphatic rings. The van der Waals surface area contributed by atoms with Gasteiger partial charge in [0.2, 0.25) is 5.91 Å². The number of thiophene rings is 1. The zero-order valence-corrected chi connectivity index (χ0v) is 14.1. The van der Waals surface area contributed by atoms with Gasteiger partial charge in [-0.1, -0.05) is 24.3 Å². The first-order valence-corrected chi connectivity index (χ1v) is 8.84. The minimum atomic E-state index is 0.101. The fourth-order valence-electron chi connectivity index (χ4n) is 2.79. The Morgan fingerprint density at radius 2 is 2.22 bits per heavy atom. The van der Waals surface area contributed by atoms with Crippen molar-refractivity contribution in [1.82, 2.24) is 10.2 Å². The number of hydrogen-bond donors (Lipinski definition) is 1. The first-order chi connectivity index (χ1) is 11.2. The summed E-state index contributed by atoms with van der Waals surface area (Å²) >= 11 is 1.66. The van der Waals surface area contributed by atoms with Gasteiger partial charge in [-0.2, -0.15) is 0 Å². The van der Waals surface area contributed by atoms with E-state index >= 15 is 0 Å². The van der Waals surface area contributed by atoms with Gasteiger partial charge in [-0.05, 0) is 24.4 Å². The van der Waals surface area contributed by atoms with Crippen LogP contribution in [0.4, 0.5) is 0 Å². The van der Waals surface area contributed by atoms with E-state index in [1.165, 1.54) is 10.4 Å². The lowest BCUT2D eigenvalue weighted by molar-refractivity contribution is -0.121. The summed E-state index contributed by atoms with van der Waals surface area (Å²) in [5, 5.41) is 5.01. The minimum Gasteiger partial charge on any atom is -0.489 e. The molecule has 1 atom stereocenters. The molecular formula is C18H22N2O2S. The highest BCUT2D eigenvalue weighted by Gasteiger charge is 2.20. The van der Waals surface area contributed by atoms with Crippen molar-refractivity contribution < 1.29 is 9.53 Å². The molecule has 0 bridgehead atoms. The quantitative estimate of drug-likeness (QED) is 0.916. The number of carbonyl (C=O) groups excluding carboxylic acids is 1. The second kappa shape index (κ2) is 7.62. The van der Waals surface area contributed by atoms with Crippen LogP contribution in [0.1, 0.15) is 23.8 Å². The van der Waals surface area contributed by atoms with Gasteiger partial charge >= 0.3 is 0 Å². The second-order valence-corrected chi connectivity index (χ2v) is 6.91. The Labute approximate surface area is 141 Å². The van der Waals surface area contributed by atoms with Gasteiger partial charge in [0, 0.05) is 36.5 Å². The highest BCUT2D eigenvalue weighted by molar-refractivity contribution is 7.09. The molecule has 0 saturated heterocycles. The SMILES string of the molecule is CC1CN(CCC(=O)NCc2cccs2)Cc2ccccc2O1. The van der Waals surface area contributed by atoms with Crippen LogP contribution in [-0.4, -0.2) is 30.0 Å². The van der Waals surface area contributed by atoms with Crippen molar-refractivity contribution in [3.05, 3.63) is 52.2 Å². The molecule has 3 rings (SSSR count). The largest absolute Gasteiger partial charge is 0.489 e. The Kier molecular flexibility index (Phi) is 5.31. The number of para-hydroxylation sites is 1. The molecule has 23 heavy (non-hydrogen) atoms. The summed E-state index contributed by atoms with van der Waals surface area (Å²) in [5.41, 5.74) is 1.19. The van der Waals surface area contributed by atoms with Gasteiger partial charge in [0.25, 0.3) is 0 Å². The normalized spacial score (nSPS) is 17.9. The van der Waals surface area contributed by atoms with E-state index in [0.29, 0.717) is 13.0 Å². The van der Waals surface area contributed by atoms with E-state index in [0.717, 1.165) is 25.4 Å². The number of rotatable bonds is 5. The Morgan fingerprint density at radius 1 is 1.35 bits per heavy atom. The van der Waals surface area contributed by atoms with Gasteiger partial charge in [0.1, 0.15) is 11.9 Å². The van der Waals surface area contributed by atoms with Gasteiger partial charge in [-0.25, -0.2) is 0 Å². The van der Waals surface area contributed by atoms with E-state index < -0.39 is 0 Å². The summed E-state index contributed by atoms with van der Waals surface area (Å²) in [6.07, 6.45) is 0.646.